The summed E-state index contributed by atoms with van der Waals surface area (Å²) in [4.78, 5) is 12.2. The molecule has 1 N–H and O–H groups in total. The van der Waals surface area contributed by atoms with Gasteiger partial charge in [-0.3, -0.25) is 0 Å². The second kappa shape index (κ2) is 7.70. The van der Waals surface area contributed by atoms with Gasteiger partial charge in [-0.15, -0.1) is 0 Å². The van der Waals surface area contributed by atoms with Crippen LogP contribution < -0.4 is 10.1 Å². The van der Waals surface area contributed by atoms with E-state index < -0.39 is 0 Å². The van der Waals surface area contributed by atoms with E-state index in [0.717, 1.165) is 22.2 Å². The first-order valence-electron chi connectivity index (χ1n) is 8.37. The highest BCUT2D eigenvalue weighted by Crippen LogP contribution is 2.40. The Bertz CT molecular complexity index is 935. The van der Waals surface area contributed by atoms with Crippen molar-refractivity contribution >= 4 is 34.2 Å². The van der Waals surface area contributed by atoms with Crippen molar-refractivity contribution in [3.05, 3.63) is 58.7 Å². The molecule has 0 aliphatic rings. The van der Waals surface area contributed by atoms with E-state index in [1.807, 2.05) is 36.4 Å². The zero-order valence-corrected chi connectivity index (χ0v) is 15.8. The SMILES string of the molecule is CCOC(=O)c1cc2c(Cl)cc(NCc3ccccc3)c(OC)c2n1C. The zero-order valence-electron chi connectivity index (χ0n) is 15.0. The molecule has 1 heterocycles. The van der Waals surface area contributed by atoms with E-state index in [1.165, 1.54) is 0 Å². The zero-order chi connectivity index (χ0) is 18.7. The number of aromatic nitrogens is 1. The molecule has 0 spiro atoms. The summed E-state index contributed by atoms with van der Waals surface area (Å²) in [5, 5.41) is 4.66. The molecule has 0 saturated heterocycles. The van der Waals surface area contributed by atoms with Crippen molar-refractivity contribution in [3.8, 4) is 5.75 Å². The highest BCUT2D eigenvalue weighted by molar-refractivity contribution is 6.36. The van der Waals surface area contributed by atoms with Gasteiger partial charge >= 0.3 is 5.97 Å². The molecule has 0 atom stereocenters. The van der Waals surface area contributed by atoms with Crippen LogP contribution in [0.5, 0.6) is 5.75 Å². The number of nitrogens with zero attached hydrogens (tertiary/aromatic N) is 1. The van der Waals surface area contributed by atoms with Crippen LogP contribution in [0.4, 0.5) is 5.69 Å². The first kappa shape index (κ1) is 18.1. The topological polar surface area (TPSA) is 52.5 Å². The fourth-order valence-corrected chi connectivity index (χ4v) is 3.24. The molecule has 0 aliphatic heterocycles. The number of carbonyl (C=O) groups is 1. The second-order valence-corrected chi connectivity index (χ2v) is 6.26. The first-order valence-corrected chi connectivity index (χ1v) is 8.75. The summed E-state index contributed by atoms with van der Waals surface area (Å²) in [5.41, 5.74) is 3.09. The monoisotopic (exact) mass is 372 g/mol. The van der Waals surface area contributed by atoms with Gasteiger partial charge in [0, 0.05) is 19.0 Å². The van der Waals surface area contributed by atoms with Gasteiger partial charge in [-0.25, -0.2) is 4.79 Å². The van der Waals surface area contributed by atoms with Gasteiger partial charge < -0.3 is 19.4 Å². The molecule has 3 rings (SSSR count). The average molecular weight is 373 g/mol. The average Bonchev–Trinajstić information content (AvgIpc) is 2.99. The number of methoxy groups -OCH3 is 1. The Morgan fingerprint density at radius 2 is 1.96 bits per heavy atom. The third kappa shape index (κ3) is 3.35. The predicted molar refractivity (Wildman–Crippen MR) is 104 cm³/mol. The lowest BCUT2D eigenvalue weighted by atomic mass is 10.2. The molecular formula is C20H21ClN2O3. The Labute approximate surface area is 157 Å². The minimum absolute atomic E-state index is 0.315. The van der Waals surface area contributed by atoms with E-state index in [4.69, 9.17) is 21.1 Å². The molecule has 0 amide bonds. The van der Waals surface area contributed by atoms with Gasteiger partial charge in [0.1, 0.15) is 5.69 Å². The molecule has 6 heteroatoms. The molecule has 5 nitrogen and oxygen atoms in total. The van der Waals surface area contributed by atoms with Crippen LogP contribution in [0.2, 0.25) is 5.02 Å². The minimum atomic E-state index is -0.386. The number of nitrogens with one attached hydrogen (secondary N) is 1. The number of fused-ring (bicyclic) bond motifs is 1. The minimum Gasteiger partial charge on any atom is -0.492 e. The van der Waals surface area contributed by atoms with Gasteiger partial charge in [0.25, 0.3) is 0 Å². The summed E-state index contributed by atoms with van der Waals surface area (Å²) < 4.78 is 12.5. The van der Waals surface area contributed by atoms with Gasteiger partial charge in [-0.1, -0.05) is 41.9 Å². The Morgan fingerprint density at radius 3 is 2.62 bits per heavy atom. The summed E-state index contributed by atoms with van der Waals surface area (Å²) in [6.07, 6.45) is 0. The predicted octanol–water partition coefficient (Wildman–Crippen LogP) is 4.63. The van der Waals surface area contributed by atoms with Gasteiger partial charge in [-0.2, -0.15) is 0 Å². The molecule has 0 unspecified atom stereocenters. The van der Waals surface area contributed by atoms with Gasteiger partial charge in [0.15, 0.2) is 5.75 Å². The second-order valence-electron chi connectivity index (χ2n) is 5.85. The standard InChI is InChI=1S/C20H21ClN2O3/c1-4-26-20(24)17-10-14-15(21)11-16(19(25-3)18(14)23(17)2)22-12-13-8-6-5-7-9-13/h5-11,22H,4,12H2,1-3H3. The largest absolute Gasteiger partial charge is 0.492 e. The third-order valence-corrected chi connectivity index (χ3v) is 4.55. The van der Waals surface area contributed by atoms with Crippen molar-refractivity contribution in [1.82, 2.24) is 4.57 Å². The highest BCUT2D eigenvalue weighted by Gasteiger charge is 2.21. The molecule has 0 bridgehead atoms. The lowest BCUT2D eigenvalue weighted by Gasteiger charge is -2.15. The van der Waals surface area contributed by atoms with E-state index in [1.54, 1.807) is 31.7 Å². The van der Waals surface area contributed by atoms with Gasteiger partial charge in [0.05, 0.1) is 29.9 Å². The maximum Gasteiger partial charge on any atom is 0.354 e. The number of hydrogen-bond acceptors (Lipinski definition) is 4. The van der Waals surface area contributed by atoms with Crippen molar-refractivity contribution in [1.29, 1.82) is 0 Å². The lowest BCUT2D eigenvalue weighted by Crippen LogP contribution is -2.10. The molecular weight excluding hydrogens is 352 g/mol. The number of halogens is 1. The Kier molecular flexibility index (Phi) is 5.38. The molecule has 0 aliphatic carbocycles. The van der Waals surface area contributed by atoms with Crippen molar-refractivity contribution < 1.29 is 14.3 Å². The number of anilines is 1. The number of aryl methyl sites for hydroxylation is 1. The number of hydrogen-bond donors (Lipinski definition) is 1. The van der Waals surface area contributed by atoms with Gasteiger partial charge in [0.2, 0.25) is 0 Å². The quantitative estimate of drug-likeness (QED) is 0.641. The van der Waals surface area contributed by atoms with Crippen molar-refractivity contribution in [3.63, 3.8) is 0 Å². The molecule has 26 heavy (non-hydrogen) atoms. The number of carbonyl (C=O) groups excluding carboxylic acids is 1. The maximum absolute atomic E-state index is 12.2. The normalized spacial score (nSPS) is 10.8. The molecule has 0 saturated carbocycles. The first-order chi connectivity index (χ1) is 12.6. The Morgan fingerprint density at radius 1 is 1.23 bits per heavy atom. The fourth-order valence-electron chi connectivity index (χ4n) is 2.99. The van der Waals surface area contributed by atoms with Crippen LogP contribution in [-0.2, 0) is 18.3 Å². The number of rotatable bonds is 6. The fraction of sp³-hybridized carbons (Fsp3) is 0.250. The van der Waals surface area contributed by atoms with Crippen LogP contribution in [0.15, 0.2) is 42.5 Å². The molecule has 136 valence electrons. The summed E-state index contributed by atoms with van der Waals surface area (Å²) >= 11 is 6.48. The number of ether oxygens (including phenoxy) is 2. The summed E-state index contributed by atoms with van der Waals surface area (Å²) in [6, 6.07) is 13.6. The van der Waals surface area contributed by atoms with Crippen molar-refractivity contribution in [2.75, 3.05) is 19.0 Å². The number of benzene rings is 2. The molecule has 0 fully saturated rings. The van der Waals surface area contributed by atoms with E-state index in [2.05, 4.69) is 5.32 Å². The number of esters is 1. The smallest absolute Gasteiger partial charge is 0.354 e. The summed E-state index contributed by atoms with van der Waals surface area (Å²) in [5.74, 6) is 0.251. The van der Waals surface area contributed by atoms with Crippen molar-refractivity contribution in [2.24, 2.45) is 7.05 Å². The molecule has 3 aromatic rings. The highest BCUT2D eigenvalue weighted by atomic mass is 35.5. The van der Waals surface area contributed by atoms with Crippen LogP contribution in [-0.4, -0.2) is 24.3 Å². The van der Waals surface area contributed by atoms with Crippen LogP contribution in [0, 0.1) is 0 Å². The van der Waals surface area contributed by atoms with E-state index in [-0.39, 0.29) is 5.97 Å². The summed E-state index contributed by atoms with van der Waals surface area (Å²) in [7, 11) is 3.40. The van der Waals surface area contributed by atoms with Crippen molar-refractivity contribution in [2.45, 2.75) is 13.5 Å². The molecule has 1 aromatic heterocycles. The molecule has 0 radical (unpaired) electrons. The van der Waals surface area contributed by atoms with Crippen LogP contribution in [0.25, 0.3) is 10.9 Å². The van der Waals surface area contributed by atoms with Gasteiger partial charge in [-0.05, 0) is 24.6 Å². The van der Waals surface area contributed by atoms with Crippen LogP contribution >= 0.6 is 11.6 Å². The van der Waals surface area contributed by atoms with E-state index in [9.17, 15) is 4.79 Å². The van der Waals surface area contributed by atoms with E-state index in [0.29, 0.717) is 29.6 Å². The lowest BCUT2D eigenvalue weighted by molar-refractivity contribution is 0.0516. The molecule has 2 aromatic carbocycles. The third-order valence-electron chi connectivity index (χ3n) is 4.24. The maximum atomic E-state index is 12.2. The Balaban J connectivity index is 2.05. The van der Waals surface area contributed by atoms with Crippen LogP contribution in [0.1, 0.15) is 23.0 Å². The van der Waals surface area contributed by atoms with Crippen LogP contribution in [0.3, 0.4) is 0 Å². The summed E-state index contributed by atoms with van der Waals surface area (Å²) in [6.45, 7) is 2.73. The van der Waals surface area contributed by atoms with E-state index >= 15 is 0 Å². The Hall–Kier alpha value is -2.66.